The van der Waals surface area contributed by atoms with Gasteiger partial charge in [-0.25, -0.2) is 18.7 Å². The Hall–Kier alpha value is -2.04. The minimum absolute atomic E-state index is 0.353. The van der Waals surface area contributed by atoms with Crippen LogP contribution in [0.1, 0.15) is 18.9 Å². The molecule has 0 atom stereocenters. The van der Waals surface area contributed by atoms with Crippen molar-refractivity contribution in [2.45, 2.75) is 19.8 Å². The van der Waals surface area contributed by atoms with Crippen LogP contribution in [0.4, 0.5) is 14.6 Å². The molecule has 1 heterocycles. The average Bonchev–Trinajstić information content (AvgIpc) is 2.30. The second kappa shape index (κ2) is 5.08. The molecule has 0 unspecified atom stereocenters. The van der Waals surface area contributed by atoms with Gasteiger partial charge in [-0.1, -0.05) is 13.3 Å². The first-order valence-electron chi connectivity index (χ1n) is 5.67. The van der Waals surface area contributed by atoms with Gasteiger partial charge in [-0.3, -0.25) is 0 Å². The van der Waals surface area contributed by atoms with Crippen molar-refractivity contribution in [3.63, 3.8) is 0 Å². The van der Waals surface area contributed by atoms with Gasteiger partial charge in [0.05, 0.1) is 5.69 Å². The Kier molecular flexibility index (Phi) is 3.50. The van der Waals surface area contributed by atoms with E-state index in [9.17, 15) is 8.78 Å². The van der Waals surface area contributed by atoms with Crippen LogP contribution in [0.5, 0.6) is 0 Å². The number of nitrogens with zero attached hydrogens (tertiary/aromatic N) is 2. The Morgan fingerprint density at radius 2 is 1.78 bits per heavy atom. The van der Waals surface area contributed by atoms with Gasteiger partial charge < -0.3 is 5.73 Å². The Labute approximate surface area is 104 Å². The van der Waals surface area contributed by atoms with Gasteiger partial charge in [0.25, 0.3) is 0 Å². The molecule has 0 aliphatic carbocycles. The lowest BCUT2D eigenvalue weighted by Gasteiger charge is -2.10. The van der Waals surface area contributed by atoms with E-state index in [0.717, 1.165) is 18.1 Å². The molecule has 2 N–H and O–H groups in total. The highest BCUT2D eigenvalue weighted by Gasteiger charge is 2.12. The molecule has 0 aliphatic heterocycles. The summed E-state index contributed by atoms with van der Waals surface area (Å²) in [6.07, 6.45) is 2.81. The van der Waals surface area contributed by atoms with Crippen LogP contribution in [0.3, 0.4) is 0 Å². The van der Waals surface area contributed by atoms with Gasteiger partial charge in [0, 0.05) is 17.2 Å². The molecule has 0 aliphatic rings. The van der Waals surface area contributed by atoms with Crippen LogP contribution < -0.4 is 5.73 Å². The maximum atomic E-state index is 13.2. The van der Waals surface area contributed by atoms with Crippen molar-refractivity contribution in [1.29, 1.82) is 0 Å². The minimum atomic E-state index is -0.635. The summed E-state index contributed by atoms with van der Waals surface area (Å²) in [6.45, 7) is 1.99. The van der Waals surface area contributed by atoms with Crippen LogP contribution >= 0.6 is 0 Å². The topological polar surface area (TPSA) is 51.8 Å². The number of aromatic nitrogens is 2. The summed E-state index contributed by atoms with van der Waals surface area (Å²) in [6, 6.07) is 3.31. The fraction of sp³-hybridized carbons (Fsp3) is 0.231. The van der Waals surface area contributed by atoms with E-state index in [2.05, 4.69) is 9.97 Å². The minimum Gasteiger partial charge on any atom is -0.383 e. The smallest absolute Gasteiger partial charge is 0.130 e. The van der Waals surface area contributed by atoms with Crippen molar-refractivity contribution in [1.82, 2.24) is 9.97 Å². The lowest BCUT2D eigenvalue weighted by molar-refractivity contribution is 0.584. The van der Waals surface area contributed by atoms with Gasteiger partial charge in [0.2, 0.25) is 0 Å². The van der Waals surface area contributed by atoms with Crippen molar-refractivity contribution in [3.8, 4) is 11.3 Å². The molecular weight excluding hydrogens is 236 g/mol. The second-order valence-corrected chi connectivity index (χ2v) is 3.99. The molecule has 0 spiro atoms. The summed E-state index contributed by atoms with van der Waals surface area (Å²) >= 11 is 0. The highest BCUT2D eigenvalue weighted by atomic mass is 19.1. The lowest BCUT2D eigenvalue weighted by atomic mass is 10.0. The van der Waals surface area contributed by atoms with Gasteiger partial charge >= 0.3 is 0 Å². The van der Waals surface area contributed by atoms with E-state index in [1.165, 1.54) is 18.5 Å². The molecule has 2 aromatic rings. The summed E-state index contributed by atoms with van der Waals surface area (Å²) in [5, 5.41) is 0. The van der Waals surface area contributed by atoms with Crippen LogP contribution in [-0.2, 0) is 6.42 Å². The summed E-state index contributed by atoms with van der Waals surface area (Å²) in [7, 11) is 0. The van der Waals surface area contributed by atoms with Crippen LogP contribution in [0.25, 0.3) is 11.3 Å². The highest BCUT2D eigenvalue weighted by molar-refractivity contribution is 5.67. The first kappa shape index (κ1) is 12.4. The zero-order chi connectivity index (χ0) is 13.1. The third kappa shape index (κ3) is 2.45. The number of halogens is 2. The molecule has 0 saturated carbocycles. The molecule has 1 aromatic carbocycles. The van der Waals surface area contributed by atoms with Crippen LogP contribution in [0.2, 0.25) is 0 Å². The summed E-state index contributed by atoms with van der Waals surface area (Å²) < 4.78 is 26.4. The Morgan fingerprint density at radius 3 is 2.39 bits per heavy atom. The predicted molar refractivity (Wildman–Crippen MR) is 65.8 cm³/mol. The number of rotatable bonds is 3. The van der Waals surface area contributed by atoms with Crippen molar-refractivity contribution in [2.24, 2.45) is 0 Å². The first-order chi connectivity index (χ1) is 8.61. The van der Waals surface area contributed by atoms with E-state index < -0.39 is 11.6 Å². The molecule has 94 valence electrons. The largest absolute Gasteiger partial charge is 0.383 e. The second-order valence-electron chi connectivity index (χ2n) is 3.99. The number of hydrogen-bond donors (Lipinski definition) is 1. The monoisotopic (exact) mass is 249 g/mol. The zero-order valence-corrected chi connectivity index (χ0v) is 9.95. The lowest BCUT2D eigenvalue weighted by Crippen LogP contribution is -2.02. The van der Waals surface area contributed by atoms with Crippen molar-refractivity contribution < 1.29 is 8.78 Å². The summed E-state index contributed by atoms with van der Waals surface area (Å²) in [5.41, 5.74) is 7.38. The van der Waals surface area contributed by atoms with Crippen molar-refractivity contribution in [3.05, 3.63) is 41.7 Å². The molecule has 18 heavy (non-hydrogen) atoms. The van der Waals surface area contributed by atoms with E-state index in [1.54, 1.807) is 0 Å². The number of nitrogens with two attached hydrogens (primary N) is 1. The number of nitrogen functional groups attached to an aromatic ring is 1. The van der Waals surface area contributed by atoms with Gasteiger partial charge in [0.15, 0.2) is 0 Å². The quantitative estimate of drug-likeness (QED) is 0.909. The Balaban J connectivity index is 2.59. The van der Waals surface area contributed by atoms with Gasteiger partial charge in [-0.05, 0) is 18.6 Å². The Morgan fingerprint density at radius 1 is 1.11 bits per heavy atom. The van der Waals surface area contributed by atoms with E-state index in [-0.39, 0.29) is 0 Å². The molecule has 0 saturated heterocycles. The summed E-state index contributed by atoms with van der Waals surface area (Å²) in [4.78, 5) is 7.99. The molecule has 0 radical (unpaired) electrons. The zero-order valence-electron chi connectivity index (χ0n) is 9.95. The van der Waals surface area contributed by atoms with Crippen molar-refractivity contribution >= 4 is 5.82 Å². The maximum absolute atomic E-state index is 13.2. The SMILES string of the molecule is CCCc1c(N)ncnc1-c1cc(F)cc(F)c1. The van der Waals surface area contributed by atoms with Crippen LogP contribution in [0, 0.1) is 11.6 Å². The Bertz CT molecular complexity index is 550. The van der Waals surface area contributed by atoms with E-state index in [4.69, 9.17) is 5.73 Å². The molecule has 0 amide bonds. The van der Waals surface area contributed by atoms with Crippen LogP contribution in [-0.4, -0.2) is 9.97 Å². The first-order valence-corrected chi connectivity index (χ1v) is 5.67. The van der Waals surface area contributed by atoms with Crippen molar-refractivity contribution in [2.75, 3.05) is 5.73 Å². The molecule has 0 bridgehead atoms. The van der Waals surface area contributed by atoms with E-state index in [1.807, 2.05) is 6.92 Å². The normalized spacial score (nSPS) is 10.6. The fourth-order valence-corrected chi connectivity index (χ4v) is 1.86. The molecule has 5 heteroatoms. The summed E-state index contributed by atoms with van der Waals surface area (Å²) in [5.74, 6) is -0.916. The number of hydrogen-bond acceptors (Lipinski definition) is 3. The average molecular weight is 249 g/mol. The number of anilines is 1. The van der Waals surface area contributed by atoms with Gasteiger partial charge in [0.1, 0.15) is 23.8 Å². The van der Waals surface area contributed by atoms with E-state index in [0.29, 0.717) is 23.5 Å². The van der Waals surface area contributed by atoms with E-state index >= 15 is 0 Å². The standard InChI is InChI=1S/C13H13F2N3/c1-2-3-11-12(17-7-18-13(11)16)8-4-9(14)6-10(15)5-8/h4-7H,2-3H2,1H3,(H2,16,17,18). The predicted octanol–water partition coefficient (Wildman–Crippen LogP) is 2.96. The molecule has 0 fully saturated rings. The number of benzene rings is 1. The molecule has 1 aromatic heterocycles. The molecule has 3 nitrogen and oxygen atoms in total. The third-order valence-corrected chi connectivity index (χ3v) is 2.61. The third-order valence-electron chi connectivity index (χ3n) is 2.61. The highest BCUT2D eigenvalue weighted by Crippen LogP contribution is 2.26. The molecule has 2 rings (SSSR count). The van der Waals surface area contributed by atoms with Gasteiger partial charge in [-0.15, -0.1) is 0 Å². The van der Waals surface area contributed by atoms with Gasteiger partial charge in [-0.2, -0.15) is 0 Å². The molecular formula is C13H13F2N3. The fourth-order valence-electron chi connectivity index (χ4n) is 1.86. The maximum Gasteiger partial charge on any atom is 0.130 e. The van der Waals surface area contributed by atoms with Crippen LogP contribution in [0.15, 0.2) is 24.5 Å².